The van der Waals surface area contributed by atoms with Crippen LogP contribution < -0.4 is 21.2 Å². The van der Waals surface area contributed by atoms with E-state index >= 15 is 0 Å². The summed E-state index contributed by atoms with van der Waals surface area (Å²) in [5.41, 5.74) is 1.31. The van der Waals surface area contributed by atoms with Crippen molar-refractivity contribution >= 4 is 55.5 Å². The molecule has 5 N–H and O–H groups in total. The van der Waals surface area contributed by atoms with Crippen LogP contribution in [0.2, 0.25) is 0 Å². The number of hydrazone groups is 1. The Labute approximate surface area is 248 Å². The molecule has 2 amide bonds. The Hall–Kier alpha value is -3.88. The van der Waals surface area contributed by atoms with E-state index < -0.39 is 33.9 Å². The molecule has 2 atom stereocenters. The number of benzene rings is 2. The number of carbonyl (C=O) groups is 3. The fraction of sp³-hybridized carbons (Fsp3) is 0.393. The molecule has 12 nitrogen and oxygen atoms in total. The van der Waals surface area contributed by atoms with Crippen molar-refractivity contribution in [1.82, 2.24) is 25.2 Å². The molecule has 0 unspecified atom stereocenters. The first-order valence-electron chi connectivity index (χ1n) is 13.7. The van der Waals surface area contributed by atoms with Gasteiger partial charge in [0.15, 0.2) is 5.01 Å². The standard InChI is InChI=1S/C28H35N7O5S2/c29-31-19-30-15-8-13-22(26(37)27-33-21-11-4-5-14-24(21)41-27)32-25(36)17-35-16-7-6-12-23(28(35)38)34-42(39,40)18-20-9-2-1-3-10-20/h1-5,9-11,14,19,22-23,34H,6-8,12-13,15-18,29H2,(H,30,31)(H,32,36)/t22-,23-/m0/s1. The highest BCUT2D eigenvalue weighted by Gasteiger charge is 2.32. The number of ketones is 1. The topological polar surface area (TPSA) is 176 Å². The van der Waals surface area contributed by atoms with Gasteiger partial charge in [-0.05, 0) is 49.8 Å². The van der Waals surface area contributed by atoms with E-state index in [4.69, 9.17) is 5.84 Å². The summed E-state index contributed by atoms with van der Waals surface area (Å²) in [6.07, 6.45) is 3.78. The Balaban J connectivity index is 1.41. The van der Waals surface area contributed by atoms with Crippen LogP contribution in [0.4, 0.5) is 0 Å². The zero-order valence-corrected chi connectivity index (χ0v) is 24.7. The molecular formula is C28H35N7O5S2. The lowest BCUT2D eigenvalue weighted by Gasteiger charge is -2.25. The molecule has 0 saturated carbocycles. The lowest BCUT2D eigenvalue weighted by molar-refractivity contribution is -0.137. The van der Waals surface area contributed by atoms with Crippen LogP contribution in [-0.4, -0.2) is 74.0 Å². The number of hydrogen-bond acceptors (Lipinski definition) is 9. The number of nitrogens with two attached hydrogens (primary N) is 1. The Morgan fingerprint density at radius 1 is 1.14 bits per heavy atom. The van der Waals surface area contributed by atoms with Crippen LogP contribution in [0.1, 0.15) is 47.5 Å². The number of thiazole rings is 1. The molecule has 14 heteroatoms. The largest absolute Gasteiger partial charge is 0.375 e. The highest BCUT2D eigenvalue weighted by atomic mass is 32.2. The number of fused-ring (bicyclic) bond motifs is 1. The molecule has 42 heavy (non-hydrogen) atoms. The third-order valence-electron chi connectivity index (χ3n) is 6.77. The van der Waals surface area contributed by atoms with Crippen molar-refractivity contribution < 1.29 is 22.8 Å². The van der Waals surface area contributed by atoms with Gasteiger partial charge < -0.3 is 21.4 Å². The van der Waals surface area contributed by atoms with E-state index in [0.29, 0.717) is 56.3 Å². The average Bonchev–Trinajstić information content (AvgIpc) is 3.34. The van der Waals surface area contributed by atoms with Gasteiger partial charge in [-0.1, -0.05) is 42.5 Å². The molecule has 1 saturated heterocycles. The number of aromatic nitrogens is 1. The molecule has 0 spiro atoms. The summed E-state index contributed by atoms with van der Waals surface area (Å²) in [6.45, 7) is 0.495. The van der Waals surface area contributed by atoms with Crippen LogP contribution in [0, 0.1) is 0 Å². The van der Waals surface area contributed by atoms with E-state index in [1.54, 1.807) is 30.3 Å². The maximum absolute atomic E-state index is 13.4. The van der Waals surface area contributed by atoms with E-state index in [1.807, 2.05) is 24.3 Å². The van der Waals surface area contributed by atoms with Crippen molar-refractivity contribution in [2.75, 3.05) is 19.6 Å². The van der Waals surface area contributed by atoms with Crippen LogP contribution in [0.3, 0.4) is 0 Å². The molecule has 0 bridgehead atoms. The smallest absolute Gasteiger partial charge is 0.241 e. The number of likely N-dealkylation sites (tertiary alicyclic amines) is 1. The second-order valence-electron chi connectivity index (χ2n) is 10.0. The molecule has 1 fully saturated rings. The first kappa shape index (κ1) is 31.1. The second-order valence-corrected chi connectivity index (χ2v) is 12.8. The zero-order valence-electron chi connectivity index (χ0n) is 23.1. The number of hydrogen-bond donors (Lipinski definition) is 4. The van der Waals surface area contributed by atoms with E-state index in [-0.39, 0.29) is 23.1 Å². The number of sulfonamides is 1. The van der Waals surface area contributed by atoms with Gasteiger partial charge in [-0.15, -0.1) is 11.3 Å². The van der Waals surface area contributed by atoms with E-state index in [9.17, 15) is 22.8 Å². The third kappa shape index (κ3) is 8.81. The van der Waals surface area contributed by atoms with Crippen molar-refractivity contribution in [3.05, 3.63) is 65.2 Å². The van der Waals surface area contributed by atoms with Gasteiger partial charge in [0.05, 0.1) is 28.6 Å². The molecule has 4 rings (SSSR count). The van der Waals surface area contributed by atoms with Gasteiger partial charge in [0.25, 0.3) is 0 Å². The van der Waals surface area contributed by atoms with Gasteiger partial charge in [-0.2, -0.15) is 5.10 Å². The Morgan fingerprint density at radius 3 is 2.67 bits per heavy atom. The highest BCUT2D eigenvalue weighted by molar-refractivity contribution is 7.88. The molecule has 2 aromatic carbocycles. The van der Waals surface area contributed by atoms with Gasteiger partial charge in [-0.25, -0.2) is 18.1 Å². The van der Waals surface area contributed by atoms with Gasteiger partial charge >= 0.3 is 0 Å². The van der Waals surface area contributed by atoms with Crippen LogP contribution in [0.25, 0.3) is 10.2 Å². The Kier molecular flexibility index (Phi) is 11.0. The fourth-order valence-corrected chi connectivity index (χ4v) is 7.08. The number of rotatable bonds is 14. The summed E-state index contributed by atoms with van der Waals surface area (Å²) >= 11 is 1.26. The monoisotopic (exact) mass is 613 g/mol. The van der Waals surface area contributed by atoms with Gasteiger partial charge in [-0.3, -0.25) is 14.4 Å². The van der Waals surface area contributed by atoms with Gasteiger partial charge in [0, 0.05) is 13.1 Å². The minimum atomic E-state index is -3.80. The molecule has 3 aromatic rings. The molecule has 0 radical (unpaired) electrons. The predicted octanol–water partition coefficient (Wildman–Crippen LogP) is 1.74. The average molecular weight is 614 g/mol. The quantitative estimate of drug-likeness (QED) is 0.0531. The highest BCUT2D eigenvalue weighted by Crippen LogP contribution is 2.23. The van der Waals surface area contributed by atoms with Gasteiger partial charge in [0.2, 0.25) is 27.6 Å². The first-order chi connectivity index (χ1) is 20.3. The van der Waals surface area contributed by atoms with Crippen molar-refractivity contribution in [1.29, 1.82) is 0 Å². The summed E-state index contributed by atoms with van der Waals surface area (Å²) in [7, 11) is -3.80. The van der Waals surface area contributed by atoms with Crippen molar-refractivity contribution in [2.24, 2.45) is 10.9 Å². The van der Waals surface area contributed by atoms with Crippen LogP contribution in [0.15, 0.2) is 59.7 Å². The number of amides is 2. The lowest BCUT2D eigenvalue weighted by atomic mass is 10.1. The van der Waals surface area contributed by atoms with Crippen LogP contribution in [0.5, 0.6) is 0 Å². The van der Waals surface area contributed by atoms with Crippen molar-refractivity contribution in [2.45, 2.75) is 49.9 Å². The maximum atomic E-state index is 13.4. The molecule has 2 heterocycles. The van der Waals surface area contributed by atoms with E-state index in [1.165, 1.54) is 22.6 Å². The second kappa shape index (κ2) is 14.8. The minimum Gasteiger partial charge on any atom is -0.375 e. The van der Waals surface area contributed by atoms with E-state index in [0.717, 1.165) is 4.70 Å². The maximum Gasteiger partial charge on any atom is 0.241 e. The summed E-state index contributed by atoms with van der Waals surface area (Å²) in [5.74, 6) is 3.57. The fourth-order valence-electron chi connectivity index (χ4n) is 4.76. The SMILES string of the molecule is NN=CNCCC[C@H](NC(=O)CN1CCCC[C@H](NS(=O)(=O)Cc2ccccc2)C1=O)C(=O)c1nc2ccccc2s1. The Morgan fingerprint density at radius 2 is 1.90 bits per heavy atom. The van der Waals surface area contributed by atoms with Gasteiger partial charge in [0.1, 0.15) is 12.4 Å². The zero-order chi connectivity index (χ0) is 30.0. The van der Waals surface area contributed by atoms with Crippen LogP contribution >= 0.6 is 11.3 Å². The van der Waals surface area contributed by atoms with E-state index in [2.05, 4.69) is 25.4 Å². The number of para-hydroxylation sites is 1. The summed E-state index contributed by atoms with van der Waals surface area (Å²) < 4.78 is 29.0. The molecule has 1 aliphatic heterocycles. The number of nitrogens with zero attached hydrogens (tertiary/aromatic N) is 3. The number of nitrogens with one attached hydrogen (secondary N) is 3. The number of Topliss-reactive ketones (excluding diaryl/α,β-unsaturated/α-hetero) is 1. The molecule has 0 aliphatic carbocycles. The van der Waals surface area contributed by atoms with Crippen LogP contribution in [-0.2, 0) is 25.4 Å². The van der Waals surface area contributed by atoms with Crippen molar-refractivity contribution in [3.8, 4) is 0 Å². The minimum absolute atomic E-state index is 0.250. The number of carbonyl (C=O) groups excluding carboxylic acids is 3. The normalized spacial score (nSPS) is 16.8. The molecule has 1 aliphatic rings. The lowest BCUT2D eigenvalue weighted by Crippen LogP contribution is -2.51. The molecule has 224 valence electrons. The summed E-state index contributed by atoms with van der Waals surface area (Å²) in [4.78, 5) is 45.8. The van der Waals surface area contributed by atoms with Crippen molar-refractivity contribution in [3.63, 3.8) is 0 Å². The molecular weight excluding hydrogens is 578 g/mol. The summed E-state index contributed by atoms with van der Waals surface area (Å²) in [6, 6.07) is 14.3. The Bertz CT molecular complexity index is 1480. The third-order valence-corrected chi connectivity index (χ3v) is 9.18. The first-order valence-corrected chi connectivity index (χ1v) is 16.2. The predicted molar refractivity (Wildman–Crippen MR) is 162 cm³/mol. The summed E-state index contributed by atoms with van der Waals surface area (Å²) in [5, 5.41) is 9.36. The molecule has 1 aromatic heterocycles.